The number of guanidine groups is 1. The molecular weight excluding hydrogens is 1340 g/mol. The van der Waals surface area contributed by atoms with Gasteiger partial charge < -0.3 is 111 Å². The maximum Gasteiger partial charge on any atom is 0.246 e. The fourth-order valence-electron chi connectivity index (χ4n) is 11.7. The molecule has 16 amide bonds. The van der Waals surface area contributed by atoms with Crippen LogP contribution in [0.4, 0.5) is 0 Å². The highest BCUT2D eigenvalue weighted by atomic mass is 33.1. The van der Waals surface area contributed by atoms with Gasteiger partial charge in [-0.3, -0.25) is 81.7 Å². The van der Waals surface area contributed by atoms with E-state index in [0.29, 0.717) is 12.8 Å². The molecule has 0 unspecified atom stereocenters. The van der Waals surface area contributed by atoms with Crippen LogP contribution in [0.1, 0.15) is 112 Å². The topological polar surface area (TPSA) is 592 Å². The highest BCUT2D eigenvalue weighted by molar-refractivity contribution is 8.76. The maximum atomic E-state index is 14.9. The van der Waals surface area contributed by atoms with Crippen molar-refractivity contribution in [1.82, 2.24) is 73.2 Å². The van der Waals surface area contributed by atoms with Crippen LogP contribution < -0.4 is 81.4 Å². The number of hydrogen-bond acceptors (Lipinski definition) is 22. The second-order valence-electron chi connectivity index (χ2n) is 25.3. The molecule has 0 aromatic rings. The molecule has 5 rings (SSSR count). The molecule has 552 valence electrons. The van der Waals surface area contributed by atoms with Crippen LogP contribution in [0.15, 0.2) is 4.99 Å². The van der Waals surface area contributed by atoms with Gasteiger partial charge in [-0.1, -0.05) is 55.7 Å². The van der Waals surface area contributed by atoms with E-state index in [9.17, 15) is 92.0 Å². The number of aliphatic hydroxyl groups is 3. The Hall–Kier alpha value is -8.63. The fraction of sp³-hybridized carbons (Fsp3) is 0.712. The zero-order valence-electron chi connectivity index (χ0n) is 56.0. The highest BCUT2D eigenvalue weighted by Crippen LogP contribution is 2.29. The van der Waals surface area contributed by atoms with Crippen molar-refractivity contribution in [3.63, 3.8) is 0 Å². The third-order valence-electron chi connectivity index (χ3n) is 17.4. The van der Waals surface area contributed by atoms with Gasteiger partial charge in [0.15, 0.2) is 5.96 Å². The number of rotatable bonds is 14. The lowest BCUT2D eigenvalue weighted by Crippen LogP contribution is -2.63. The Labute approximate surface area is 578 Å². The van der Waals surface area contributed by atoms with Gasteiger partial charge in [-0.2, -0.15) is 0 Å². The molecule has 0 radical (unpaired) electrons. The Morgan fingerprint density at radius 1 is 0.495 bits per heavy atom. The number of aliphatic hydroxyl groups excluding tert-OH is 3. The minimum atomic E-state index is -2.02. The predicted molar refractivity (Wildman–Crippen MR) is 354 cm³/mol. The molecule has 99 heavy (non-hydrogen) atoms. The van der Waals surface area contributed by atoms with Gasteiger partial charge in [0, 0.05) is 37.7 Å². The maximum absolute atomic E-state index is 14.9. The number of carbonyl (C=O) groups excluding carboxylic acids is 16. The smallest absolute Gasteiger partial charge is 0.246 e. The highest BCUT2D eigenvalue weighted by Gasteiger charge is 2.47. The summed E-state index contributed by atoms with van der Waals surface area (Å²) in [6.07, 6.45) is -4.47. The largest absolute Gasteiger partial charge is 0.394 e. The van der Waals surface area contributed by atoms with Crippen LogP contribution in [0.5, 0.6) is 0 Å². The number of nitrogens with zero attached hydrogens (tertiary/aromatic N) is 4. The molecule has 0 aliphatic carbocycles. The van der Waals surface area contributed by atoms with Crippen molar-refractivity contribution in [2.24, 2.45) is 39.8 Å². The van der Waals surface area contributed by atoms with E-state index in [0.717, 1.165) is 40.3 Å². The third-order valence-corrected chi connectivity index (χ3v) is 19.8. The number of carbonyl (C=O) groups is 16. The van der Waals surface area contributed by atoms with Gasteiger partial charge in [0.25, 0.3) is 0 Å². The zero-order chi connectivity index (χ0) is 73.7. The minimum Gasteiger partial charge on any atom is -0.394 e. The zero-order valence-corrected chi connectivity index (χ0v) is 57.7. The summed E-state index contributed by atoms with van der Waals surface area (Å²) in [6, 6.07) is -21.3. The van der Waals surface area contributed by atoms with Crippen molar-refractivity contribution in [3.8, 4) is 0 Å². The van der Waals surface area contributed by atoms with Gasteiger partial charge in [0.1, 0.15) is 78.5 Å². The summed E-state index contributed by atoms with van der Waals surface area (Å²) in [5.41, 5.74) is 22.1. The van der Waals surface area contributed by atoms with Crippen molar-refractivity contribution in [2.45, 2.75) is 203 Å². The average molecular weight is 1440 g/mol. The summed E-state index contributed by atoms with van der Waals surface area (Å²) in [5, 5.41) is 59.3. The van der Waals surface area contributed by atoms with Gasteiger partial charge in [-0.25, -0.2) is 0 Å². The third kappa shape index (κ3) is 23.0. The summed E-state index contributed by atoms with van der Waals surface area (Å²) < 4.78 is 0. The van der Waals surface area contributed by atoms with E-state index in [1.165, 1.54) is 9.80 Å². The van der Waals surface area contributed by atoms with E-state index in [-0.39, 0.29) is 77.1 Å². The summed E-state index contributed by atoms with van der Waals surface area (Å²) >= 11 is 0. The number of primary amides is 2. The molecular formula is C59H95N19O19S2. The lowest BCUT2D eigenvalue weighted by molar-refractivity contribution is -0.149. The molecule has 0 aromatic heterocycles. The monoisotopic (exact) mass is 1440 g/mol. The molecule has 2 bridgehead atoms. The van der Waals surface area contributed by atoms with Gasteiger partial charge in [-0.15, -0.1) is 0 Å². The van der Waals surface area contributed by atoms with Gasteiger partial charge in [0.2, 0.25) is 94.5 Å². The molecule has 5 fully saturated rings. The number of fused-ring (bicyclic) bond motifs is 8. The average Bonchev–Trinajstić information content (AvgIpc) is 1.70. The van der Waals surface area contributed by atoms with E-state index in [1.54, 1.807) is 27.7 Å². The summed E-state index contributed by atoms with van der Waals surface area (Å²) in [6.45, 7) is 6.42. The Kier molecular flexibility index (Phi) is 31.2. The first-order valence-corrected chi connectivity index (χ1v) is 35.2. The summed E-state index contributed by atoms with van der Waals surface area (Å²) in [5.74, 6) is -19.7. The first kappa shape index (κ1) is 81.0. The van der Waals surface area contributed by atoms with Crippen LogP contribution in [0.2, 0.25) is 0 Å². The second-order valence-corrected chi connectivity index (χ2v) is 27.9. The molecule has 0 spiro atoms. The van der Waals surface area contributed by atoms with E-state index in [2.05, 4.69) is 63.5 Å². The Morgan fingerprint density at radius 2 is 0.929 bits per heavy atom. The molecule has 5 aliphatic rings. The Morgan fingerprint density at radius 3 is 1.45 bits per heavy atom. The number of nitrogens with one attached hydrogen (secondary N) is 11. The Balaban J connectivity index is 1.68. The SMILES string of the molecule is CC[C@H](C)[C@@H]1NC(=O)[C@@H]2CCCN2C(=O)[C@@H]2CCCN2C(=O)[C@H](C(C)C)NC(=O)[C@H](CO)NC(=O)[C@H](CCCN=C(N)N)NC(=O)[C@H]([C@@H](C)O)NC(=O)[C@@H]2CSSC[C@H](NC1=O)C(=O)N[C@@H](CC(N)=O)C(=O)N1CCC[C@H]1C(=O)N[C@@H](CC(N)=O)C(=O)NCC(=O)N[C@@H]([C@@H](C)O)C(=O)N2. The van der Waals surface area contributed by atoms with Crippen LogP contribution in [0, 0.1) is 11.8 Å². The normalized spacial score (nSPS) is 29.6. The number of hydrogen-bond donors (Lipinski definition) is 18. The van der Waals surface area contributed by atoms with Crippen LogP contribution in [-0.4, -0.2) is 272 Å². The fourth-order valence-corrected chi connectivity index (χ4v) is 14.1. The molecule has 40 heteroatoms. The van der Waals surface area contributed by atoms with Gasteiger partial charge >= 0.3 is 0 Å². The van der Waals surface area contributed by atoms with Crippen LogP contribution in [0.3, 0.4) is 0 Å². The molecule has 38 nitrogen and oxygen atoms in total. The molecule has 5 saturated heterocycles. The molecule has 22 N–H and O–H groups in total. The first-order valence-electron chi connectivity index (χ1n) is 32.7. The van der Waals surface area contributed by atoms with Gasteiger partial charge in [-0.05, 0) is 77.0 Å². The molecule has 5 heterocycles. The predicted octanol–water partition coefficient (Wildman–Crippen LogP) is -9.41. The van der Waals surface area contributed by atoms with Crippen molar-refractivity contribution < 1.29 is 92.0 Å². The second kappa shape index (κ2) is 38.1. The first-order chi connectivity index (χ1) is 46.7. The molecule has 5 aliphatic heterocycles. The van der Waals surface area contributed by atoms with Crippen molar-refractivity contribution in [3.05, 3.63) is 0 Å². The van der Waals surface area contributed by atoms with Crippen LogP contribution in [-0.2, 0) is 76.7 Å². The summed E-state index contributed by atoms with van der Waals surface area (Å²) in [7, 11) is 1.48. The standard InChI is InChI=1S/C59H95N19O19S2/c1-7-27(4)43-53(92)70-34-24-98-99-25-35(71-54(93)44(28(5)80)72-41(84)22-65-46(85)31(20-39(60)82)67-51(90)36-13-9-17-76(36)56(95)32(21-40(61)83)68-49(34)88)50(89)75-45(29(6)81)55(94)66-30(12-8-16-64-59(62)63)47(86)69-33(23-79)48(87)73-42(26(2)3)58(97)78-19-11-15-38(78)57(96)77-18-10-14-37(77)52(91)74-43/h26-38,42-45,79-81H,7-25H2,1-6H3,(H2,60,82)(H2,61,83)(H,65,85)(H,66,94)(H,67,90)(H,68,88)(H,69,86)(H,70,92)(H,71,93)(H,72,84)(H,73,87)(H,74,91)(H,75,89)(H4,62,63,64)/t27-,28+,29+,30-,31-,32-,33-,34-,35-,36-,37-,38-,42-,43-,44-,45-/m0/s1. The number of aliphatic imine (C=N–C) groups is 1. The van der Waals surface area contributed by atoms with E-state index in [4.69, 9.17) is 22.9 Å². The lowest BCUT2D eigenvalue weighted by atomic mass is 9.97. The molecule has 0 saturated carbocycles. The number of amides is 16. The lowest BCUT2D eigenvalue weighted by Gasteiger charge is -2.35. The van der Waals surface area contributed by atoms with Crippen molar-refractivity contribution >= 4 is 122 Å². The van der Waals surface area contributed by atoms with Crippen LogP contribution in [0.25, 0.3) is 0 Å². The van der Waals surface area contributed by atoms with Crippen LogP contribution >= 0.6 is 21.6 Å². The molecule has 0 aromatic carbocycles. The van der Waals surface area contributed by atoms with E-state index >= 15 is 0 Å². The quantitative estimate of drug-likeness (QED) is 0.0332. The number of nitrogens with two attached hydrogens (primary N) is 4. The van der Waals surface area contributed by atoms with Gasteiger partial charge in [0.05, 0.1) is 38.2 Å². The summed E-state index contributed by atoms with van der Waals surface area (Å²) in [4.78, 5) is 234. The van der Waals surface area contributed by atoms with E-state index in [1.807, 2.05) is 0 Å². The van der Waals surface area contributed by atoms with Crippen molar-refractivity contribution in [1.29, 1.82) is 0 Å². The minimum absolute atomic E-state index is 0.0411. The van der Waals surface area contributed by atoms with Crippen molar-refractivity contribution in [2.75, 3.05) is 50.8 Å². The Bertz CT molecular complexity index is 3050. The van der Waals surface area contributed by atoms with E-state index < -0.39 is 235 Å². The molecule has 16 atom stereocenters.